The van der Waals surface area contributed by atoms with Crippen LogP contribution in [-0.4, -0.2) is 23.0 Å². The first-order chi connectivity index (χ1) is 8.65. The van der Waals surface area contributed by atoms with E-state index in [9.17, 15) is 10.1 Å². The molecular formula is C13H16N2O3. The number of hydrogen-bond donors (Lipinski definition) is 0. The van der Waals surface area contributed by atoms with Crippen LogP contribution in [0.15, 0.2) is 29.3 Å². The van der Waals surface area contributed by atoms with Crippen LogP contribution < -0.4 is 0 Å². The Hall–Kier alpha value is -1.91. The van der Waals surface area contributed by atoms with Crippen molar-refractivity contribution < 1.29 is 9.66 Å². The Balaban J connectivity index is 2.20. The van der Waals surface area contributed by atoms with Crippen LogP contribution in [0.5, 0.6) is 0 Å². The minimum absolute atomic E-state index is 0.0800. The van der Waals surface area contributed by atoms with Gasteiger partial charge in [-0.05, 0) is 25.0 Å². The van der Waals surface area contributed by atoms with Crippen molar-refractivity contribution in [1.82, 2.24) is 0 Å². The molecule has 0 saturated carbocycles. The Labute approximate surface area is 106 Å². The molecule has 5 nitrogen and oxygen atoms in total. The van der Waals surface area contributed by atoms with Crippen LogP contribution in [0.3, 0.4) is 0 Å². The number of ether oxygens (including phenoxy) is 1. The lowest BCUT2D eigenvalue weighted by Gasteiger charge is -2.13. The van der Waals surface area contributed by atoms with Crippen LogP contribution in [0.25, 0.3) is 0 Å². The van der Waals surface area contributed by atoms with Crippen LogP contribution in [-0.2, 0) is 4.74 Å². The van der Waals surface area contributed by atoms with Gasteiger partial charge in [0.05, 0.1) is 11.0 Å². The molecule has 1 aliphatic heterocycles. The first-order valence-corrected chi connectivity index (χ1v) is 6.15. The summed E-state index contributed by atoms with van der Waals surface area (Å²) in [6.45, 7) is 4.15. The molecule has 0 amide bonds. The fourth-order valence-corrected chi connectivity index (χ4v) is 2.06. The van der Waals surface area contributed by atoms with E-state index in [4.69, 9.17) is 4.74 Å². The predicted octanol–water partition coefficient (Wildman–Crippen LogP) is 2.93. The highest BCUT2D eigenvalue weighted by atomic mass is 16.6. The molecule has 0 aromatic heterocycles. The topological polar surface area (TPSA) is 64.7 Å². The van der Waals surface area contributed by atoms with E-state index in [1.807, 2.05) is 0 Å². The summed E-state index contributed by atoms with van der Waals surface area (Å²) < 4.78 is 5.78. The van der Waals surface area contributed by atoms with Gasteiger partial charge in [-0.3, -0.25) is 10.1 Å². The van der Waals surface area contributed by atoms with Gasteiger partial charge in [0.2, 0.25) is 5.90 Å². The highest BCUT2D eigenvalue weighted by molar-refractivity contribution is 5.95. The molecule has 0 aliphatic carbocycles. The van der Waals surface area contributed by atoms with Gasteiger partial charge >= 0.3 is 0 Å². The van der Waals surface area contributed by atoms with Crippen molar-refractivity contribution in [3.63, 3.8) is 0 Å². The van der Waals surface area contributed by atoms with E-state index in [0.29, 0.717) is 5.90 Å². The summed E-state index contributed by atoms with van der Waals surface area (Å²) in [6.07, 6.45) is 1.98. The van der Waals surface area contributed by atoms with E-state index in [-0.39, 0.29) is 17.8 Å². The molecule has 0 unspecified atom stereocenters. The lowest BCUT2D eigenvalue weighted by Crippen LogP contribution is -2.20. The minimum atomic E-state index is -0.412. The summed E-state index contributed by atoms with van der Waals surface area (Å²) in [4.78, 5) is 14.7. The fourth-order valence-electron chi connectivity index (χ4n) is 2.06. The number of nitrogens with zero attached hydrogens (tertiary/aromatic N) is 2. The lowest BCUT2D eigenvalue weighted by atomic mass is 10.1. The standard InChI is InChI=1S/C13H16N2O3/c1-3-11-12(4-2)18-13(14-11)9-5-7-10(8-6-9)15(16)17/h5-8,11-12H,3-4H2,1-2H3/t11-,12+/m0/s1. The highest BCUT2D eigenvalue weighted by Crippen LogP contribution is 2.23. The molecule has 0 radical (unpaired) electrons. The minimum Gasteiger partial charge on any atom is -0.472 e. The molecule has 1 aromatic carbocycles. The second-order valence-corrected chi connectivity index (χ2v) is 4.28. The van der Waals surface area contributed by atoms with Crippen molar-refractivity contribution >= 4 is 11.6 Å². The molecule has 2 atom stereocenters. The zero-order valence-electron chi connectivity index (χ0n) is 10.5. The third-order valence-electron chi connectivity index (χ3n) is 3.12. The summed E-state index contributed by atoms with van der Waals surface area (Å²) in [5.74, 6) is 0.601. The quantitative estimate of drug-likeness (QED) is 0.607. The molecule has 1 heterocycles. The molecule has 0 N–H and O–H groups in total. The Kier molecular flexibility index (Phi) is 3.60. The summed E-state index contributed by atoms with van der Waals surface area (Å²) in [5, 5.41) is 10.6. The summed E-state index contributed by atoms with van der Waals surface area (Å²) in [6, 6.07) is 6.51. The van der Waals surface area contributed by atoms with Crippen LogP contribution in [0.2, 0.25) is 0 Å². The maximum absolute atomic E-state index is 10.6. The second kappa shape index (κ2) is 5.16. The Morgan fingerprint density at radius 2 is 1.94 bits per heavy atom. The molecule has 96 valence electrons. The van der Waals surface area contributed by atoms with E-state index in [2.05, 4.69) is 18.8 Å². The van der Waals surface area contributed by atoms with Gasteiger partial charge in [-0.25, -0.2) is 4.99 Å². The first kappa shape index (κ1) is 12.5. The number of nitro groups is 1. The fraction of sp³-hybridized carbons (Fsp3) is 0.462. The van der Waals surface area contributed by atoms with Crippen molar-refractivity contribution in [2.24, 2.45) is 4.99 Å². The zero-order valence-corrected chi connectivity index (χ0v) is 10.5. The van der Waals surface area contributed by atoms with Gasteiger partial charge in [0.25, 0.3) is 5.69 Å². The summed E-state index contributed by atoms with van der Waals surface area (Å²) in [5.41, 5.74) is 0.881. The highest BCUT2D eigenvalue weighted by Gasteiger charge is 2.28. The van der Waals surface area contributed by atoms with Crippen molar-refractivity contribution in [2.45, 2.75) is 38.8 Å². The number of rotatable bonds is 4. The number of aliphatic imine (C=N–C) groups is 1. The number of hydrogen-bond acceptors (Lipinski definition) is 4. The van der Waals surface area contributed by atoms with Gasteiger partial charge in [-0.2, -0.15) is 0 Å². The maximum atomic E-state index is 10.6. The van der Waals surface area contributed by atoms with Gasteiger partial charge < -0.3 is 4.74 Å². The zero-order chi connectivity index (χ0) is 13.1. The molecule has 1 aliphatic rings. The largest absolute Gasteiger partial charge is 0.472 e. The third-order valence-corrected chi connectivity index (χ3v) is 3.12. The van der Waals surface area contributed by atoms with Crippen molar-refractivity contribution in [1.29, 1.82) is 0 Å². The molecule has 0 saturated heterocycles. The molecule has 0 fully saturated rings. The van der Waals surface area contributed by atoms with Crippen LogP contribution in [0.1, 0.15) is 32.3 Å². The molecule has 5 heteroatoms. The van der Waals surface area contributed by atoms with E-state index in [1.165, 1.54) is 12.1 Å². The Morgan fingerprint density at radius 1 is 1.28 bits per heavy atom. The third kappa shape index (κ3) is 2.34. The maximum Gasteiger partial charge on any atom is 0.269 e. The first-order valence-electron chi connectivity index (χ1n) is 6.15. The monoisotopic (exact) mass is 248 g/mol. The Bertz CT molecular complexity index is 468. The van der Waals surface area contributed by atoms with Gasteiger partial charge in [0.1, 0.15) is 6.10 Å². The molecule has 0 bridgehead atoms. The molecular weight excluding hydrogens is 232 g/mol. The molecule has 0 spiro atoms. The second-order valence-electron chi connectivity index (χ2n) is 4.28. The summed E-state index contributed by atoms with van der Waals surface area (Å²) in [7, 11) is 0. The average molecular weight is 248 g/mol. The summed E-state index contributed by atoms with van der Waals surface area (Å²) >= 11 is 0. The normalized spacial score (nSPS) is 22.4. The Morgan fingerprint density at radius 3 is 2.39 bits per heavy atom. The van der Waals surface area contributed by atoms with E-state index >= 15 is 0 Å². The van der Waals surface area contributed by atoms with E-state index < -0.39 is 4.92 Å². The SMILES string of the molecule is CC[C@@H]1N=C(c2ccc([N+](=O)[O-])cc2)O[C@@H]1CC. The number of non-ortho nitro benzene ring substituents is 1. The van der Waals surface area contributed by atoms with Crippen LogP contribution in [0.4, 0.5) is 5.69 Å². The van der Waals surface area contributed by atoms with Crippen molar-refractivity contribution in [3.05, 3.63) is 39.9 Å². The van der Waals surface area contributed by atoms with Crippen LogP contribution >= 0.6 is 0 Å². The van der Waals surface area contributed by atoms with E-state index in [0.717, 1.165) is 18.4 Å². The van der Waals surface area contributed by atoms with Gasteiger partial charge in [0, 0.05) is 17.7 Å². The van der Waals surface area contributed by atoms with Gasteiger partial charge in [-0.1, -0.05) is 13.8 Å². The molecule has 2 rings (SSSR count). The average Bonchev–Trinajstić information content (AvgIpc) is 2.82. The van der Waals surface area contributed by atoms with Crippen LogP contribution in [0, 0.1) is 10.1 Å². The molecule has 1 aromatic rings. The number of benzene rings is 1. The predicted molar refractivity (Wildman–Crippen MR) is 68.9 cm³/mol. The van der Waals surface area contributed by atoms with E-state index in [1.54, 1.807) is 12.1 Å². The smallest absolute Gasteiger partial charge is 0.269 e. The van der Waals surface area contributed by atoms with Crippen molar-refractivity contribution in [2.75, 3.05) is 0 Å². The van der Waals surface area contributed by atoms with Crippen molar-refractivity contribution in [3.8, 4) is 0 Å². The van der Waals surface area contributed by atoms with Gasteiger partial charge in [-0.15, -0.1) is 0 Å². The molecule has 18 heavy (non-hydrogen) atoms. The van der Waals surface area contributed by atoms with Gasteiger partial charge in [0.15, 0.2) is 0 Å². The number of nitro benzene ring substituents is 1. The lowest BCUT2D eigenvalue weighted by molar-refractivity contribution is -0.384.